The lowest BCUT2D eigenvalue weighted by atomic mass is 10.1. The smallest absolute Gasteiger partial charge is 0.0602 e. The lowest BCUT2D eigenvalue weighted by Crippen LogP contribution is -2.42. The zero-order valence-electron chi connectivity index (χ0n) is 16.2. The third-order valence-corrected chi connectivity index (χ3v) is 5.54. The molecule has 1 fully saturated rings. The Labute approximate surface area is 167 Å². The molecule has 4 rings (SSSR count). The van der Waals surface area contributed by atoms with Gasteiger partial charge in [-0.2, -0.15) is 0 Å². The maximum atomic E-state index is 10.3. The van der Waals surface area contributed by atoms with Crippen LogP contribution < -0.4 is 0 Å². The van der Waals surface area contributed by atoms with Crippen LogP contribution in [0.3, 0.4) is 0 Å². The summed E-state index contributed by atoms with van der Waals surface area (Å²) in [7, 11) is 0. The van der Waals surface area contributed by atoms with Gasteiger partial charge in [0.25, 0.3) is 0 Å². The Bertz CT molecular complexity index is 797. The Balaban J connectivity index is 1.48. The van der Waals surface area contributed by atoms with E-state index < -0.39 is 0 Å². The monoisotopic (exact) mass is 372 g/mol. The Kier molecular flexibility index (Phi) is 6.17. The number of hydrogen-bond donors (Lipinski definition) is 1. The van der Waals surface area contributed by atoms with Gasteiger partial charge in [0, 0.05) is 32.2 Å². The third kappa shape index (κ3) is 4.87. The van der Waals surface area contributed by atoms with E-state index in [2.05, 4.69) is 101 Å². The summed E-state index contributed by atoms with van der Waals surface area (Å²) >= 11 is 0. The van der Waals surface area contributed by atoms with E-state index in [-0.39, 0.29) is 12.6 Å². The molecule has 3 heteroatoms. The SMILES string of the molecule is OC[C@@H]([C@@H]1CN1Cc1ccccc1)N(Cc1ccccc1)Cc1ccccc1. The molecule has 0 bridgehead atoms. The minimum absolute atomic E-state index is 0.129. The van der Waals surface area contributed by atoms with E-state index in [1.807, 2.05) is 0 Å². The highest BCUT2D eigenvalue weighted by Gasteiger charge is 2.42. The van der Waals surface area contributed by atoms with Crippen molar-refractivity contribution in [3.63, 3.8) is 0 Å². The maximum absolute atomic E-state index is 10.3. The van der Waals surface area contributed by atoms with Gasteiger partial charge in [-0.3, -0.25) is 9.80 Å². The van der Waals surface area contributed by atoms with Crippen molar-refractivity contribution in [3.8, 4) is 0 Å². The molecule has 1 saturated heterocycles. The Hall–Kier alpha value is -2.46. The molecule has 1 aliphatic heterocycles. The fourth-order valence-corrected chi connectivity index (χ4v) is 3.96. The van der Waals surface area contributed by atoms with Crippen LogP contribution in [0.2, 0.25) is 0 Å². The number of aliphatic hydroxyl groups is 1. The van der Waals surface area contributed by atoms with Gasteiger partial charge in [-0.1, -0.05) is 91.0 Å². The second kappa shape index (κ2) is 9.16. The fourth-order valence-electron chi connectivity index (χ4n) is 3.96. The van der Waals surface area contributed by atoms with Crippen LogP contribution in [0.5, 0.6) is 0 Å². The largest absolute Gasteiger partial charge is 0.395 e. The molecule has 0 aliphatic carbocycles. The zero-order valence-corrected chi connectivity index (χ0v) is 16.2. The van der Waals surface area contributed by atoms with Gasteiger partial charge >= 0.3 is 0 Å². The molecule has 0 saturated carbocycles. The summed E-state index contributed by atoms with van der Waals surface area (Å²) < 4.78 is 0. The predicted octanol–water partition coefficient (Wildman–Crippen LogP) is 3.93. The van der Waals surface area contributed by atoms with Crippen molar-refractivity contribution in [1.29, 1.82) is 0 Å². The second-order valence-corrected chi connectivity index (χ2v) is 7.61. The number of nitrogens with zero attached hydrogens (tertiary/aromatic N) is 2. The van der Waals surface area contributed by atoms with E-state index in [0.717, 1.165) is 26.2 Å². The highest BCUT2D eigenvalue weighted by molar-refractivity contribution is 5.19. The summed E-state index contributed by atoms with van der Waals surface area (Å²) in [4.78, 5) is 4.89. The van der Waals surface area contributed by atoms with Gasteiger partial charge in [0.2, 0.25) is 0 Å². The van der Waals surface area contributed by atoms with E-state index in [1.165, 1.54) is 16.7 Å². The van der Waals surface area contributed by atoms with E-state index in [9.17, 15) is 5.11 Å². The number of rotatable bonds is 9. The van der Waals surface area contributed by atoms with Gasteiger partial charge in [-0.15, -0.1) is 0 Å². The molecular weight excluding hydrogens is 344 g/mol. The van der Waals surface area contributed by atoms with Crippen LogP contribution in [-0.2, 0) is 19.6 Å². The summed E-state index contributed by atoms with van der Waals surface area (Å²) in [5.41, 5.74) is 3.90. The van der Waals surface area contributed by atoms with Crippen molar-refractivity contribution < 1.29 is 5.11 Å². The van der Waals surface area contributed by atoms with Crippen LogP contribution >= 0.6 is 0 Å². The lowest BCUT2D eigenvalue weighted by molar-refractivity contribution is 0.0982. The van der Waals surface area contributed by atoms with Gasteiger partial charge in [0.15, 0.2) is 0 Å². The first-order chi connectivity index (χ1) is 13.8. The minimum atomic E-state index is 0.129. The van der Waals surface area contributed by atoms with Gasteiger partial charge in [0.1, 0.15) is 0 Å². The topological polar surface area (TPSA) is 26.5 Å². The first-order valence-electron chi connectivity index (χ1n) is 10.0. The Morgan fingerprint density at radius 3 is 1.68 bits per heavy atom. The van der Waals surface area contributed by atoms with E-state index in [0.29, 0.717) is 6.04 Å². The predicted molar refractivity (Wildman–Crippen MR) is 114 cm³/mol. The van der Waals surface area contributed by atoms with Gasteiger partial charge in [-0.25, -0.2) is 0 Å². The molecule has 3 aromatic carbocycles. The first kappa shape index (κ1) is 18.9. The van der Waals surface area contributed by atoms with Crippen LogP contribution in [-0.4, -0.2) is 40.1 Å². The van der Waals surface area contributed by atoms with Gasteiger partial charge in [-0.05, 0) is 16.7 Å². The van der Waals surface area contributed by atoms with Crippen molar-refractivity contribution in [2.24, 2.45) is 0 Å². The molecule has 0 spiro atoms. The molecule has 1 aliphatic rings. The third-order valence-electron chi connectivity index (χ3n) is 5.54. The van der Waals surface area contributed by atoms with Crippen molar-refractivity contribution in [3.05, 3.63) is 108 Å². The first-order valence-corrected chi connectivity index (χ1v) is 10.0. The summed E-state index contributed by atoms with van der Waals surface area (Å²) in [5, 5.41) is 10.3. The van der Waals surface area contributed by atoms with Crippen LogP contribution in [0.15, 0.2) is 91.0 Å². The maximum Gasteiger partial charge on any atom is 0.0602 e. The van der Waals surface area contributed by atoms with Crippen LogP contribution in [0.25, 0.3) is 0 Å². The summed E-state index contributed by atoms with van der Waals surface area (Å²) in [6.07, 6.45) is 0. The van der Waals surface area contributed by atoms with Crippen molar-refractivity contribution in [2.45, 2.75) is 31.7 Å². The standard InChI is InChI=1S/C25H28N2O/c28-20-25(24-19-27(24)18-23-14-8-3-9-15-23)26(16-21-10-4-1-5-11-21)17-22-12-6-2-7-13-22/h1-15,24-25,28H,16-20H2/t24-,25-,27?/m0/s1. The van der Waals surface area contributed by atoms with Gasteiger partial charge in [0.05, 0.1) is 12.6 Å². The molecule has 0 aromatic heterocycles. The quantitative estimate of drug-likeness (QED) is 0.577. The molecule has 1 unspecified atom stereocenters. The van der Waals surface area contributed by atoms with E-state index in [1.54, 1.807) is 0 Å². The molecule has 0 amide bonds. The highest BCUT2D eigenvalue weighted by Crippen LogP contribution is 2.29. The second-order valence-electron chi connectivity index (χ2n) is 7.61. The Morgan fingerprint density at radius 2 is 1.21 bits per heavy atom. The number of aliphatic hydroxyl groups excluding tert-OH is 1. The van der Waals surface area contributed by atoms with Crippen molar-refractivity contribution in [2.75, 3.05) is 13.2 Å². The lowest BCUT2D eigenvalue weighted by Gasteiger charge is -2.31. The molecule has 0 radical (unpaired) electrons. The average molecular weight is 373 g/mol. The van der Waals surface area contributed by atoms with Crippen LogP contribution in [0.1, 0.15) is 16.7 Å². The summed E-state index contributed by atoms with van der Waals surface area (Å²) in [5.74, 6) is 0. The minimum Gasteiger partial charge on any atom is -0.395 e. The molecule has 3 atom stereocenters. The molecule has 144 valence electrons. The normalized spacial score (nSPS) is 19.5. The molecular formula is C25H28N2O. The fraction of sp³-hybridized carbons (Fsp3) is 0.280. The molecule has 3 nitrogen and oxygen atoms in total. The molecule has 3 aromatic rings. The molecule has 28 heavy (non-hydrogen) atoms. The van der Waals surface area contributed by atoms with Crippen molar-refractivity contribution >= 4 is 0 Å². The highest BCUT2D eigenvalue weighted by atomic mass is 16.3. The zero-order chi connectivity index (χ0) is 19.2. The summed E-state index contributed by atoms with van der Waals surface area (Å²) in [6.45, 7) is 3.86. The number of benzene rings is 3. The molecule has 1 heterocycles. The molecule has 1 N–H and O–H groups in total. The number of hydrogen-bond acceptors (Lipinski definition) is 3. The van der Waals surface area contributed by atoms with Crippen LogP contribution in [0, 0.1) is 0 Å². The van der Waals surface area contributed by atoms with Crippen LogP contribution in [0.4, 0.5) is 0 Å². The Morgan fingerprint density at radius 1 is 0.750 bits per heavy atom. The van der Waals surface area contributed by atoms with E-state index >= 15 is 0 Å². The summed E-state index contributed by atoms with van der Waals surface area (Å²) in [6, 6.07) is 32.2. The van der Waals surface area contributed by atoms with Crippen molar-refractivity contribution in [1.82, 2.24) is 9.80 Å². The van der Waals surface area contributed by atoms with E-state index in [4.69, 9.17) is 0 Å². The van der Waals surface area contributed by atoms with Gasteiger partial charge < -0.3 is 5.11 Å². The average Bonchev–Trinajstić information content (AvgIpc) is 3.49.